The number of benzene rings is 2. The standard InChI is InChI=1S/C30H33NO3/c1-19-9-10-21-15-23-28-11-12-30(26-29(28,13-14-31(23)3)24(21)25(19)34-26)22(17-28)27(2,32-18-33-30)16-20-7-5-4-6-8-20/h4-12,22-23,26H,13-18H2,1-3H3/t22-,23-,26-,27+,28-,29+,30-/m1/s1. The van der Waals surface area contributed by atoms with Crippen molar-refractivity contribution < 1.29 is 14.2 Å². The molecule has 34 heavy (non-hydrogen) atoms. The molecule has 4 nitrogen and oxygen atoms in total. The van der Waals surface area contributed by atoms with Crippen molar-refractivity contribution in [1.29, 1.82) is 0 Å². The molecule has 3 fully saturated rings. The van der Waals surface area contributed by atoms with Crippen LogP contribution >= 0.6 is 0 Å². The second kappa shape index (κ2) is 6.16. The van der Waals surface area contributed by atoms with Crippen molar-refractivity contribution in [3.63, 3.8) is 0 Å². The first-order valence-electron chi connectivity index (χ1n) is 13.0. The number of likely N-dealkylation sites (tertiary alicyclic amines) is 1. The molecule has 0 aromatic heterocycles. The zero-order valence-corrected chi connectivity index (χ0v) is 20.3. The van der Waals surface area contributed by atoms with Gasteiger partial charge >= 0.3 is 0 Å². The van der Waals surface area contributed by atoms with Gasteiger partial charge in [0, 0.05) is 29.4 Å². The summed E-state index contributed by atoms with van der Waals surface area (Å²) in [6, 6.07) is 15.9. The molecule has 7 atom stereocenters. The highest BCUT2D eigenvalue weighted by Gasteiger charge is 2.81. The van der Waals surface area contributed by atoms with E-state index in [-0.39, 0.29) is 28.5 Å². The Labute approximate surface area is 201 Å². The highest BCUT2D eigenvalue weighted by molar-refractivity contribution is 5.63. The zero-order valence-electron chi connectivity index (χ0n) is 20.3. The lowest BCUT2D eigenvalue weighted by Crippen LogP contribution is -2.82. The largest absolute Gasteiger partial charge is 0.485 e. The van der Waals surface area contributed by atoms with Crippen LogP contribution in [-0.2, 0) is 27.7 Å². The van der Waals surface area contributed by atoms with Crippen molar-refractivity contribution in [3.05, 3.63) is 76.9 Å². The molecule has 0 radical (unpaired) electrons. The Hall–Kier alpha value is -2.14. The van der Waals surface area contributed by atoms with Gasteiger partial charge in [0.15, 0.2) is 0 Å². The van der Waals surface area contributed by atoms with E-state index in [1.807, 2.05) is 0 Å². The molecule has 176 valence electrons. The van der Waals surface area contributed by atoms with Gasteiger partial charge < -0.3 is 19.1 Å². The summed E-state index contributed by atoms with van der Waals surface area (Å²) in [5.74, 6) is 1.39. The van der Waals surface area contributed by atoms with E-state index in [4.69, 9.17) is 14.2 Å². The molecule has 0 unspecified atom stereocenters. The van der Waals surface area contributed by atoms with Crippen LogP contribution in [0, 0.1) is 18.3 Å². The number of piperidine rings is 1. The second-order valence-corrected chi connectivity index (χ2v) is 12.0. The van der Waals surface area contributed by atoms with Crippen LogP contribution in [0.4, 0.5) is 0 Å². The molecule has 3 spiro atoms. The van der Waals surface area contributed by atoms with Crippen LogP contribution < -0.4 is 4.74 Å². The van der Waals surface area contributed by atoms with Crippen molar-refractivity contribution in [2.24, 2.45) is 11.3 Å². The van der Waals surface area contributed by atoms with Gasteiger partial charge in [0.25, 0.3) is 0 Å². The fourth-order valence-corrected chi connectivity index (χ4v) is 9.34. The SMILES string of the molecule is Cc1ccc2c3c1O[C@H]1[C@@]45C=C[C@@]6(C[C@@H]4[C@](C)(Cc4ccccc4)OCO5)[C@@H](C2)N(C)CC[C@]316. The number of hydrogen-bond acceptors (Lipinski definition) is 4. The monoisotopic (exact) mass is 455 g/mol. The maximum Gasteiger partial charge on any atom is 0.148 e. The van der Waals surface area contributed by atoms with Gasteiger partial charge in [-0.3, -0.25) is 0 Å². The predicted octanol–water partition coefficient (Wildman–Crippen LogP) is 4.57. The Kier molecular flexibility index (Phi) is 3.64. The maximum absolute atomic E-state index is 7.13. The third kappa shape index (κ3) is 2.02. The molecular formula is C30H33NO3. The lowest BCUT2D eigenvalue weighted by molar-refractivity contribution is -0.337. The Bertz CT molecular complexity index is 1240. The summed E-state index contributed by atoms with van der Waals surface area (Å²) in [7, 11) is 2.33. The first kappa shape index (κ1) is 20.1. The van der Waals surface area contributed by atoms with Crippen molar-refractivity contribution in [2.75, 3.05) is 20.4 Å². The highest BCUT2D eigenvalue weighted by Crippen LogP contribution is 2.75. The number of likely N-dealkylation sites (N-methyl/N-ethyl adjacent to an activating group) is 1. The van der Waals surface area contributed by atoms with Crippen LogP contribution in [0.15, 0.2) is 54.6 Å². The summed E-state index contributed by atoms with van der Waals surface area (Å²) in [6.07, 6.45) is 9.23. The van der Waals surface area contributed by atoms with Crippen molar-refractivity contribution >= 4 is 0 Å². The molecule has 2 aromatic carbocycles. The molecule has 7 aliphatic rings. The van der Waals surface area contributed by atoms with Crippen LogP contribution in [0.3, 0.4) is 0 Å². The summed E-state index contributed by atoms with van der Waals surface area (Å²) >= 11 is 0. The molecule has 3 heterocycles. The van der Waals surface area contributed by atoms with E-state index in [2.05, 4.69) is 80.4 Å². The van der Waals surface area contributed by atoms with E-state index in [0.29, 0.717) is 12.8 Å². The first-order chi connectivity index (χ1) is 16.4. The van der Waals surface area contributed by atoms with Gasteiger partial charge in [-0.15, -0.1) is 0 Å². The fraction of sp³-hybridized carbons (Fsp3) is 0.533. The topological polar surface area (TPSA) is 30.9 Å². The van der Waals surface area contributed by atoms with E-state index >= 15 is 0 Å². The summed E-state index contributed by atoms with van der Waals surface area (Å²) in [5, 5.41) is 0. The van der Waals surface area contributed by atoms with Gasteiger partial charge in [-0.05, 0) is 63.4 Å². The quantitative estimate of drug-likeness (QED) is 0.621. The molecule has 2 saturated heterocycles. The van der Waals surface area contributed by atoms with Crippen LogP contribution in [0.5, 0.6) is 5.75 Å². The number of hydrogen-bond donors (Lipinski definition) is 0. The average Bonchev–Trinajstić information content (AvgIpc) is 3.21. The molecule has 9 rings (SSSR count). The molecule has 1 saturated carbocycles. The van der Waals surface area contributed by atoms with Crippen LogP contribution in [0.2, 0.25) is 0 Å². The van der Waals surface area contributed by atoms with Crippen molar-refractivity contribution in [1.82, 2.24) is 4.90 Å². The summed E-state index contributed by atoms with van der Waals surface area (Å²) in [5.41, 5.74) is 4.89. The molecule has 3 aliphatic heterocycles. The van der Waals surface area contributed by atoms with Crippen molar-refractivity contribution in [2.45, 2.75) is 68.3 Å². The van der Waals surface area contributed by atoms with Gasteiger partial charge in [-0.2, -0.15) is 0 Å². The number of aryl methyl sites for hydroxylation is 1. The van der Waals surface area contributed by atoms with E-state index < -0.39 is 5.60 Å². The Morgan fingerprint density at radius 1 is 1.06 bits per heavy atom. The molecule has 4 heteroatoms. The first-order valence-corrected chi connectivity index (χ1v) is 13.0. The van der Waals surface area contributed by atoms with Gasteiger partial charge in [0.05, 0.1) is 11.0 Å². The van der Waals surface area contributed by atoms with E-state index in [9.17, 15) is 0 Å². The molecular weight excluding hydrogens is 422 g/mol. The normalized spacial score (nSPS) is 45.0. The molecule has 4 aliphatic carbocycles. The predicted molar refractivity (Wildman–Crippen MR) is 130 cm³/mol. The van der Waals surface area contributed by atoms with Gasteiger partial charge in [0.1, 0.15) is 24.2 Å². The van der Waals surface area contributed by atoms with Crippen LogP contribution in [0.1, 0.15) is 42.0 Å². The number of rotatable bonds is 2. The molecule has 4 bridgehead atoms. The molecule has 2 aromatic rings. The molecule has 0 N–H and O–H groups in total. The third-order valence-corrected chi connectivity index (χ3v) is 10.8. The highest BCUT2D eigenvalue weighted by atomic mass is 16.7. The lowest BCUT2D eigenvalue weighted by atomic mass is 9.36. The average molecular weight is 456 g/mol. The third-order valence-electron chi connectivity index (χ3n) is 10.8. The zero-order chi connectivity index (χ0) is 22.9. The lowest BCUT2D eigenvalue weighted by Gasteiger charge is -2.73. The number of ether oxygens (including phenoxy) is 3. The minimum absolute atomic E-state index is 0.00460. The van der Waals surface area contributed by atoms with Gasteiger partial charge in [-0.1, -0.05) is 54.6 Å². The van der Waals surface area contributed by atoms with E-state index in [1.165, 1.54) is 22.3 Å². The van der Waals surface area contributed by atoms with Crippen molar-refractivity contribution in [3.8, 4) is 5.75 Å². The molecule has 0 amide bonds. The van der Waals surface area contributed by atoms with Crippen LogP contribution in [-0.4, -0.2) is 48.6 Å². The minimum atomic E-state index is -0.454. The van der Waals surface area contributed by atoms with Crippen LogP contribution in [0.25, 0.3) is 0 Å². The Morgan fingerprint density at radius 3 is 2.76 bits per heavy atom. The van der Waals surface area contributed by atoms with Gasteiger partial charge in [-0.25, -0.2) is 0 Å². The summed E-state index contributed by atoms with van der Waals surface area (Å²) in [6.45, 7) is 5.98. The Balaban J connectivity index is 1.36. The smallest absolute Gasteiger partial charge is 0.148 e. The maximum atomic E-state index is 7.13. The summed E-state index contributed by atoms with van der Waals surface area (Å²) < 4.78 is 20.4. The second-order valence-electron chi connectivity index (χ2n) is 12.0. The summed E-state index contributed by atoms with van der Waals surface area (Å²) in [4.78, 5) is 2.63. The van der Waals surface area contributed by atoms with Gasteiger partial charge in [0.2, 0.25) is 0 Å². The van der Waals surface area contributed by atoms with E-state index in [1.54, 1.807) is 0 Å². The van der Waals surface area contributed by atoms with E-state index in [0.717, 1.165) is 38.0 Å². The minimum Gasteiger partial charge on any atom is -0.485 e. The number of nitrogens with zero attached hydrogens (tertiary/aromatic N) is 1. The fourth-order valence-electron chi connectivity index (χ4n) is 9.34. The Morgan fingerprint density at radius 2 is 1.91 bits per heavy atom.